The molecule has 1 atom stereocenters. The Morgan fingerprint density at radius 1 is 1.32 bits per heavy atom. The lowest BCUT2D eigenvalue weighted by Crippen LogP contribution is -2.37. The minimum absolute atomic E-state index is 0.0135. The predicted molar refractivity (Wildman–Crippen MR) is 68.6 cm³/mol. The van der Waals surface area contributed by atoms with Crippen LogP contribution in [0.15, 0.2) is 30.3 Å². The number of aliphatic carboxylic acids is 1. The SMILES string of the molecule is O=C(O)C[C@H]1CCCN1C(=O)OCc1ccccc1. The van der Waals surface area contributed by atoms with Gasteiger partial charge in [-0.1, -0.05) is 30.3 Å². The van der Waals surface area contributed by atoms with Crippen LogP contribution in [0.25, 0.3) is 0 Å². The van der Waals surface area contributed by atoms with Crippen LogP contribution < -0.4 is 0 Å². The number of rotatable bonds is 4. The van der Waals surface area contributed by atoms with E-state index in [1.54, 1.807) is 0 Å². The van der Waals surface area contributed by atoms with Crippen LogP contribution in [0.1, 0.15) is 24.8 Å². The van der Waals surface area contributed by atoms with Gasteiger partial charge in [0, 0.05) is 12.6 Å². The van der Waals surface area contributed by atoms with E-state index in [4.69, 9.17) is 9.84 Å². The van der Waals surface area contributed by atoms with Crippen LogP contribution in [0.4, 0.5) is 4.79 Å². The molecule has 1 aliphatic rings. The summed E-state index contributed by atoms with van der Waals surface area (Å²) >= 11 is 0. The summed E-state index contributed by atoms with van der Waals surface area (Å²) in [6, 6.07) is 9.19. The number of carbonyl (C=O) groups excluding carboxylic acids is 1. The van der Waals surface area contributed by atoms with Crippen LogP contribution in [-0.4, -0.2) is 34.7 Å². The third-order valence-corrected chi connectivity index (χ3v) is 3.23. The molecule has 1 fully saturated rings. The van der Waals surface area contributed by atoms with Gasteiger partial charge in [0.2, 0.25) is 0 Å². The van der Waals surface area contributed by atoms with E-state index in [-0.39, 0.29) is 19.1 Å². The van der Waals surface area contributed by atoms with Crippen LogP contribution in [0.5, 0.6) is 0 Å². The average molecular weight is 263 g/mol. The smallest absolute Gasteiger partial charge is 0.410 e. The summed E-state index contributed by atoms with van der Waals surface area (Å²) in [6.45, 7) is 0.793. The lowest BCUT2D eigenvalue weighted by atomic mass is 10.1. The third kappa shape index (κ3) is 3.71. The molecule has 5 nitrogen and oxygen atoms in total. The zero-order valence-corrected chi connectivity index (χ0v) is 10.6. The van der Waals surface area contributed by atoms with Gasteiger partial charge >= 0.3 is 12.1 Å². The fraction of sp³-hybridized carbons (Fsp3) is 0.429. The molecule has 1 aliphatic heterocycles. The second kappa shape index (κ2) is 6.22. The number of carboxylic acids is 1. The first-order valence-electron chi connectivity index (χ1n) is 6.36. The summed E-state index contributed by atoms with van der Waals surface area (Å²) in [5.74, 6) is -0.882. The molecule has 1 aromatic carbocycles. The molecule has 1 N–H and O–H groups in total. The van der Waals surface area contributed by atoms with Crippen molar-refractivity contribution >= 4 is 12.1 Å². The van der Waals surface area contributed by atoms with E-state index in [9.17, 15) is 9.59 Å². The van der Waals surface area contributed by atoms with Crippen molar-refractivity contribution in [2.24, 2.45) is 0 Å². The third-order valence-electron chi connectivity index (χ3n) is 3.23. The Morgan fingerprint density at radius 3 is 2.74 bits per heavy atom. The van der Waals surface area contributed by atoms with Gasteiger partial charge in [0.15, 0.2) is 0 Å². The van der Waals surface area contributed by atoms with Gasteiger partial charge in [-0.15, -0.1) is 0 Å². The Hall–Kier alpha value is -2.04. The summed E-state index contributed by atoms with van der Waals surface area (Å²) in [7, 11) is 0. The number of benzene rings is 1. The van der Waals surface area contributed by atoms with E-state index in [1.165, 1.54) is 4.90 Å². The van der Waals surface area contributed by atoms with Crippen molar-refractivity contribution in [3.63, 3.8) is 0 Å². The summed E-state index contributed by atoms with van der Waals surface area (Å²) in [5, 5.41) is 8.80. The molecule has 0 unspecified atom stereocenters. The molecule has 0 aliphatic carbocycles. The number of nitrogens with zero attached hydrogens (tertiary/aromatic N) is 1. The van der Waals surface area contributed by atoms with Crippen molar-refractivity contribution in [1.29, 1.82) is 0 Å². The first-order chi connectivity index (χ1) is 9.16. The lowest BCUT2D eigenvalue weighted by molar-refractivity contribution is -0.138. The minimum atomic E-state index is -0.882. The van der Waals surface area contributed by atoms with Crippen LogP contribution >= 0.6 is 0 Å². The molecule has 0 radical (unpaired) electrons. The average Bonchev–Trinajstić information content (AvgIpc) is 2.84. The van der Waals surface area contributed by atoms with Gasteiger partial charge < -0.3 is 14.7 Å². The normalized spacial score (nSPS) is 18.3. The number of hydrogen-bond acceptors (Lipinski definition) is 3. The second-order valence-electron chi connectivity index (χ2n) is 4.63. The highest BCUT2D eigenvalue weighted by Crippen LogP contribution is 2.21. The van der Waals surface area contributed by atoms with Crippen molar-refractivity contribution in [3.05, 3.63) is 35.9 Å². The molecule has 1 amide bonds. The number of carbonyl (C=O) groups is 2. The molecule has 102 valence electrons. The Bertz CT molecular complexity index is 446. The number of hydrogen-bond donors (Lipinski definition) is 1. The van der Waals surface area contributed by atoms with E-state index in [2.05, 4.69) is 0 Å². The maximum absolute atomic E-state index is 11.9. The van der Waals surface area contributed by atoms with Crippen LogP contribution in [0.2, 0.25) is 0 Å². The molecule has 0 aromatic heterocycles. The van der Waals surface area contributed by atoms with Crippen molar-refractivity contribution < 1.29 is 19.4 Å². The van der Waals surface area contributed by atoms with E-state index in [1.807, 2.05) is 30.3 Å². The number of carboxylic acid groups (broad SMARTS) is 1. The van der Waals surface area contributed by atoms with Gasteiger partial charge in [-0.25, -0.2) is 4.79 Å². The zero-order chi connectivity index (χ0) is 13.7. The van der Waals surface area contributed by atoms with Crippen LogP contribution in [-0.2, 0) is 16.1 Å². The summed E-state index contributed by atoms with van der Waals surface area (Å²) < 4.78 is 5.22. The van der Waals surface area contributed by atoms with E-state index in [0.717, 1.165) is 18.4 Å². The maximum atomic E-state index is 11.9. The van der Waals surface area contributed by atoms with Gasteiger partial charge in [-0.05, 0) is 18.4 Å². The summed E-state index contributed by atoms with van der Waals surface area (Å²) in [6.07, 6.45) is 1.12. The topological polar surface area (TPSA) is 66.8 Å². The van der Waals surface area contributed by atoms with Crippen molar-refractivity contribution in [2.75, 3.05) is 6.54 Å². The van der Waals surface area contributed by atoms with Gasteiger partial charge in [0.1, 0.15) is 6.61 Å². The number of amides is 1. The Balaban J connectivity index is 1.87. The molecule has 0 spiro atoms. The van der Waals surface area contributed by atoms with Crippen LogP contribution in [0.3, 0.4) is 0 Å². The first-order valence-corrected chi connectivity index (χ1v) is 6.36. The molecule has 0 bridgehead atoms. The number of ether oxygens (including phenoxy) is 1. The Kier molecular flexibility index (Phi) is 4.39. The Labute approximate surface area is 111 Å². The standard InChI is InChI=1S/C14H17NO4/c16-13(17)9-12-7-4-8-15(12)14(18)19-10-11-5-2-1-3-6-11/h1-3,5-6,12H,4,7-10H2,(H,16,17)/t12-/m1/s1. The van der Waals surface area contributed by atoms with E-state index < -0.39 is 12.1 Å². The lowest BCUT2D eigenvalue weighted by Gasteiger charge is -2.22. The Morgan fingerprint density at radius 2 is 2.05 bits per heavy atom. The van der Waals surface area contributed by atoms with Crippen molar-refractivity contribution in [2.45, 2.75) is 31.9 Å². The monoisotopic (exact) mass is 263 g/mol. The molecule has 1 aromatic rings. The second-order valence-corrected chi connectivity index (χ2v) is 4.63. The molecule has 2 rings (SSSR count). The van der Waals surface area contributed by atoms with Gasteiger partial charge in [-0.2, -0.15) is 0 Å². The maximum Gasteiger partial charge on any atom is 0.410 e. The first kappa shape index (κ1) is 13.4. The molecule has 1 heterocycles. The summed E-state index contributed by atoms with van der Waals surface area (Å²) in [5.41, 5.74) is 0.921. The molecule has 5 heteroatoms. The van der Waals surface area contributed by atoms with Crippen LogP contribution in [0, 0.1) is 0 Å². The van der Waals surface area contributed by atoms with Gasteiger partial charge in [0.05, 0.1) is 6.42 Å². The molecular formula is C14H17NO4. The van der Waals surface area contributed by atoms with Gasteiger partial charge in [0.25, 0.3) is 0 Å². The molecule has 19 heavy (non-hydrogen) atoms. The fourth-order valence-electron chi connectivity index (χ4n) is 2.29. The fourth-order valence-corrected chi connectivity index (χ4v) is 2.29. The highest BCUT2D eigenvalue weighted by molar-refractivity contribution is 5.72. The van der Waals surface area contributed by atoms with Crippen molar-refractivity contribution in [3.8, 4) is 0 Å². The zero-order valence-electron chi connectivity index (χ0n) is 10.6. The predicted octanol–water partition coefficient (Wildman–Crippen LogP) is 2.26. The minimum Gasteiger partial charge on any atom is -0.481 e. The van der Waals surface area contributed by atoms with E-state index >= 15 is 0 Å². The largest absolute Gasteiger partial charge is 0.481 e. The quantitative estimate of drug-likeness (QED) is 0.904. The number of likely N-dealkylation sites (tertiary alicyclic amines) is 1. The molecular weight excluding hydrogens is 246 g/mol. The molecule has 1 saturated heterocycles. The highest BCUT2D eigenvalue weighted by atomic mass is 16.6. The van der Waals surface area contributed by atoms with Gasteiger partial charge in [-0.3, -0.25) is 4.79 Å². The van der Waals surface area contributed by atoms with E-state index in [0.29, 0.717) is 6.54 Å². The van der Waals surface area contributed by atoms with Crippen molar-refractivity contribution in [1.82, 2.24) is 4.90 Å². The molecule has 0 saturated carbocycles. The highest BCUT2D eigenvalue weighted by Gasteiger charge is 2.31. The summed E-state index contributed by atoms with van der Waals surface area (Å²) in [4.78, 5) is 24.2.